The summed E-state index contributed by atoms with van der Waals surface area (Å²) in [6, 6.07) is 9.87. The van der Waals surface area contributed by atoms with Gasteiger partial charge in [0.25, 0.3) is 5.91 Å². The zero-order valence-electron chi connectivity index (χ0n) is 17.3. The molecule has 1 aliphatic heterocycles. The molecule has 1 aliphatic rings. The Hall–Kier alpha value is -2.24. The van der Waals surface area contributed by atoms with Crippen molar-refractivity contribution in [3.05, 3.63) is 56.9 Å². The van der Waals surface area contributed by atoms with E-state index >= 15 is 0 Å². The van der Waals surface area contributed by atoms with Gasteiger partial charge in [0.15, 0.2) is 11.5 Å². The van der Waals surface area contributed by atoms with Crippen LogP contribution >= 0.6 is 22.6 Å². The molecule has 3 rings (SSSR count). The van der Waals surface area contributed by atoms with E-state index in [1.165, 1.54) is 12.1 Å². The van der Waals surface area contributed by atoms with E-state index in [1.54, 1.807) is 18.3 Å². The highest BCUT2D eigenvalue weighted by Crippen LogP contribution is 2.34. The van der Waals surface area contributed by atoms with Gasteiger partial charge in [-0.25, -0.2) is 9.82 Å². The first-order valence-electron chi connectivity index (χ1n) is 10.0. The minimum atomic E-state index is -0.283. The minimum Gasteiger partial charge on any atom is -0.490 e. The fourth-order valence-corrected chi connectivity index (χ4v) is 3.76. The number of halogens is 2. The smallest absolute Gasteiger partial charge is 0.254 e. The van der Waals surface area contributed by atoms with Crippen LogP contribution < -0.4 is 14.9 Å². The Kier molecular flexibility index (Phi) is 9.04. The Morgan fingerprint density at radius 1 is 1.26 bits per heavy atom. The number of benzene rings is 2. The summed E-state index contributed by atoms with van der Waals surface area (Å²) in [5.41, 5.74) is 4.18. The number of nitrogens with zero attached hydrogens (tertiary/aromatic N) is 2. The van der Waals surface area contributed by atoms with Gasteiger partial charge in [0, 0.05) is 13.1 Å². The highest BCUT2D eigenvalue weighted by Gasteiger charge is 2.14. The number of carbonyl (C=O) groups is 1. The van der Waals surface area contributed by atoms with Crippen molar-refractivity contribution in [2.24, 2.45) is 5.10 Å². The zero-order valence-corrected chi connectivity index (χ0v) is 19.4. The van der Waals surface area contributed by atoms with Crippen LogP contribution in [0.2, 0.25) is 0 Å². The van der Waals surface area contributed by atoms with Crippen molar-refractivity contribution in [3.63, 3.8) is 0 Å². The molecule has 166 valence electrons. The molecule has 1 heterocycles. The van der Waals surface area contributed by atoms with Gasteiger partial charge in [-0.15, -0.1) is 0 Å². The Morgan fingerprint density at radius 2 is 2.00 bits per heavy atom. The molecule has 0 unspecified atom stereocenters. The van der Waals surface area contributed by atoms with Gasteiger partial charge in [0.05, 0.1) is 36.2 Å². The van der Waals surface area contributed by atoms with E-state index in [2.05, 4.69) is 33.1 Å². The molecule has 1 saturated heterocycles. The second-order valence-electron chi connectivity index (χ2n) is 6.86. The SMILES string of the molecule is CCOc1cc(C=NNC(=O)CN2CCOCC2)cc(I)c1OCc1ccc(F)cc1. The third kappa shape index (κ3) is 7.44. The summed E-state index contributed by atoms with van der Waals surface area (Å²) in [5, 5.41) is 4.06. The summed E-state index contributed by atoms with van der Waals surface area (Å²) in [4.78, 5) is 14.1. The number of morpholine rings is 1. The second-order valence-corrected chi connectivity index (χ2v) is 8.02. The van der Waals surface area contributed by atoms with Crippen LogP contribution in [0.4, 0.5) is 4.39 Å². The van der Waals surface area contributed by atoms with E-state index in [0.29, 0.717) is 44.5 Å². The first-order valence-corrected chi connectivity index (χ1v) is 11.1. The molecule has 2 aromatic rings. The first-order chi connectivity index (χ1) is 15.0. The lowest BCUT2D eigenvalue weighted by atomic mass is 10.2. The summed E-state index contributed by atoms with van der Waals surface area (Å²) in [6.45, 7) is 5.72. The molecule has 0 atom stereocenters. The number of hydrogen-bond donors (Lipinski definition) is 1. The number of ether oxygens (including phenoxy) is 3. The molecule has 0 saturated carbocycles. The molecule has 0 aromatic heterocycles. The Morgan fingerprint density at radius 3 is 2.71 bits per heavy atom. The van der Waals surface area contributed by atoms with Crippen LogP contribution in [0, 0.1) is 9.39 Å². The van der Waals surface area contributed by atoms with Crippen LogP contribution in [0.15, 0.2) is 41.5 Å². The third-order valence-corrected chi connectivity index (χ3v) is 5.30. The predicted molar refractivity (Wildman–Crippen MR) is 124 cm³/mol. The van der Waals surface area contributed by atoms with Crippen molar-refractivity contribution in [2.75, 3.05) is 39.5 Å². The van der Waals surface area contributed by atoms with Gasteiger partial charge in [0.1, 0.15) is 12.4 Å². The van der Waals surface area contributed by atoms with Crippen molar-refractivity contribution < 1.29 is 23.4 Å². The van der Waals surface area contributed by atoms with E-state index < -0.39 is 0 Å². The van der Waals surface area contributed by atoms with Crippen LogP contribution in [-0.2, 0) is 16.1 Å². The molecule has 1 amide bonds. The van der Waals surface area contributed by atoms with Gasteiger partial charge in [-0.05, 0) is 64.9 Å². The molecule has 0 aliphatic carbocycles. The number of hydrogen-bond acceptors (Lipinski definition) is 6. The Bertz CT molecular complexity index is 902. The number of amides is 1. The molecule has 9 heteroatoms. The van der Waals surface area contributed by atoms with Crippen molar-refractivity contribution in [2.45, 2.75) is 13.5 Å². The van der Waals surface area contributed by atoms with Crippen LogP contribution in [0.25, 0.3) is 0 Å². The summed E-state index contributed by atoms with van der Waals surface area (Å²) in [7, 11) is 0. The van der Waals surface area contributed by atoms with Gasteiger partial charge >= 0.3 is 0 Å². The van der Waals surface area contributed by atoms with Gasteiger partial charge in [-0.2, -0.15) is 5.10 Å². The quantitative estimate of drug-likeness (QED) is 0.300. The predicted octanol–water partition coefficient (Wildman–Crippen LogP) is 3.19. The molecule has 0 spiro atoms. The molecule has 1 N–H and O–H groups in total. The van der Waals surface area contributed by atoms with Gasteiger partial charge in [-0.3, -0.25) is 9.69 Å². The number of hydrazone groups is 1. The molecule has 31 heavy (non-hydrogen) atoms. The fourth-order valence-electron chi connectivity index (χ4n) is 2.98. The molecule has 1 fully saturated rings. The van der Waals surface area contributed by atoms with Gasteiger partial charge in [0.2, 0.25) is 0 Å². The maximum atomic E-state index is 13.1. The van der Waals surface area contributed by atoms with E-state index in [-0.39, 0.29) is 11.7 Å². The zero-order chi connectivity index (χ0) is 22.1. The Balaban J connectivity index is 1.62. The normalized spacial score (nSPS) is 14.5. The molecule has 7 nitrogen and oxygen atoms in total. The monoisotopic (exact) mass is 541 g/mol. The van der Waals surface area contributed by atoms with E-state index in [9.17, 15) is 9.18 Å². The second kappa shape index (κ2) is 12.0. The van der Waals surface area contributed by atoms with Gasteiger partial charge in [-0.1, -0.05) is 12.1 Å². The lowest BCUT2D eigenvalue weighted by Crippen LogP contribution is -2.42. The lowest BCUT2D eigenvalue weighted by Gasteiger charge is -2.25. The molecule has 0 radical (unpaired) electrons. The summed E-state index contributed by atoms with van der Waals surface area (Å²) < 4.78 is 30.9. The maximum absolute atomic E-state index is 13.1. The fraction of sp³-hybridized carbons (Fsp3) is 0.364. The van der Waals surface area contributed by atoms with Gasteiger partial charge < -0.3 is 14.2 Å². The summed E-state index contributed by atoms with van der Waals surface area (Å²) in [6.07, 6.45) is 1.58. The highest BCUT2D eigenvalue weighted by molar-refractivity contribution is 14.1. The van der Waals surface area contributed by atoms with Crippen molar-refractivity contribution >= 4 is 34.7 Å². The van der Waals surface area contributed by atoms with E-state index in [1.807, 2.05) is 24.0 Å². The molecular formula is C22H25FIN3O4. The third-order valence-electron chi connectivity index (χ3n) is 4.50. The minimum absolute atomic E-state index is 0.169. The average Bonchev–Trinajstić information content (AvgIpc) is 2.75. The molecule has 2 aromatic carbocycles. The highest BCUT2D eigenvalue weighted by atomic mass is 127. The lowest BCUT2D eigenvalue weighted by molar-refractivity contribution is -0.123. The van der Waals surface area contributed by atoms with Crippen LogP contribution in [0.1, 0.15) is 18.1 Å². The molecular weight excluding hydrogens is 516 g/mol. The van der Waals surface area contributed by atoms with Crippen molar-refractivity contribution in [3.8, 4) is 11.5 Å². The van der Waals surface area contributed by atoms with Crippen LogP contribution in [-0.4, -0.2) is 56.5 Å². The number of nitrogens with one attached hydrogen (secondary N) is 1. The van der Waals surface area contributed by atoms with E-state index in [4.69, 9.17) is 14.2 Å². The largest absolute Gasteiger partial charge is 0.490 e. The molecule has 0 bridgehead atoms. The van der Waals surface area contributed by atoms with Crippen molar-refractivity contribution in [1.82, 2.24) is 10.3 Å². The Labute approximate surface area is 194 Å². The number of carbonyl (C=O) groups excluding carboxylic acids is 1. The first kappa shape index (κ1) is 23.4. The van der Waals surface area contributed by atoms with Crippen LogP contribution in [0.5, 0.6) is 11.5 Å². The topological polar surface area (TPSA) is 72.4 Å². The van der Waals surface area contributed by atoms with Crippen LogP contribution in [0.3, 0.4) is 0 Å². The summed E-state index contributed by atoms with van der Waals surface area (Å²) in [5.74, 6) is 0.740. The average molecular weight is 541 g/mol. The summed E-state index contributed by atoms with van der Waals surface area (Å²) >= 11 is 2.17. The van der Waals surface area contributed by atoms with Crippen molar-refractivity contribution in [1.29, 1.82) is 0 Å². The standard InChI is InChI=1S/C22H25FIN3O4/c1-2-30-20-12-17(13-25-26-21(28)14-27-7-9-29-10-8-27)11-19(24)22(20)31-15-16-3-5-18(23)6-4-16/h3-6,11-13H,2,7-10,14-15H2,1H3,(H,26,28). The number of rotatable bonds is 9. The van der Waals surface area contributed by atoms with E-state index in [0.717, 1.165) is 27.8 Å². The maximum Gasteiger partial charge on any atom is 0.254 e.